The minimum Gasteiger partial charge on any atom is -0.353 e. The molecule has 134 valence electrons. The predicted octanol–water partition coefficient (Wildman–Crippen LogP) is 1.96. The zero-order valence-electron chi connectivity index (χ0n) is 15.8. The highest BCUT2D eigenvalue weighted by Crippen LogP contribution is 2.22. The predicted molar refractivity (Wildman–Crippen MR) is 102 cm³/mol. The van der Waals surface area contributed by atoms with E-state index in [2.05, 4.69) is 62.9 Å². The molecule has 0 aliphatic carbocycles. The molecule has 1 saturated heterocycles. The fourth-order valence-corrected chi connectivity index (χ4v) is 2.79. The lowest BCUT2D eigenvalue weighted by Gasteiger charge is -2.36. The molecule has 1 aliphatic heterocycles. The van der Waals surface area contributed by atoms with Gasteiger partial charge in [-0.25, -0.2) is 4.98 Å². The van der Waals surface area contributed by atoms with Crippen LogP contribution < -0.4 is 14.7 Å². The van der Waals surface area contributed by atoms with Crippen molar-refractivity contribution in [1.29, 1.82) is 0 Å². The van der Waals surface area contributed by atoms with E-state index in [9.17, 15) is 0 Å². The van der Waals surface area contributed by atoms with Gasteiger partial charge in [0.05, 0.1) is 5.69 Å². The molecular weight excluding hydrogens is 314 g/mol. The molecule has 1 fully saturated rings. The summed E-state index contributed by atoms with van der Waals surface area (Å²) in [6.45, 7) is 10.1. The molecule has 0 bridgehead atoms. The van der Waals surface area contributed by atoms with Gasteiger partial charge in [0, 0.05) is 51.9 Å². The molecule has 0 radical (unpaired) electrons. The number of piperazine rings is 1. The van der Waals surface area contributed by atoms with Crippen LogP contribution in [0.1, 0.15) is 26.5 Å². The van der Waals surface area contributed by atoms with Gasteiger partial charge < -0.3 is 14.7 Å². The maximum Gasteiger partial charge on any atom is 0.226 e. The number of hydrogen-bond acceptors (Lipinski definition) is 7. The Labute approximate surface area is 149 Å². The molecule has 0 amide bonds. The summed E-state index contributed by atoms with van der Waals surface area (Å²) < 4.78 is 0. The largest absolute Gasteiger partial charge is 0.353 e. The Morgan fingerprint density at radius 2 is 1.52 bits per heavy atom. The summed E-state index contributed by atoms with van der Waals surface area (Å²) in [6, 6.07) is 6.14. The summed E-state index contributed by atoms with van der Waals surface area (Å²) in [6.07, 6.45) is 1.82. The third-order valence-electron chi connectivity index (χ3n) is 4.37. The van der Waals surface area contributed by atoms with E-state index < -0.39 is 0 Å². The maximum atomic E-state index is 4.63. The highest BCUT2D eigenvalue weighted by Gasteiger charge is 2.21. The van der Waals surface area contributed by atoms with E-state index in [1.165, 1.54) is 0 Å². The maximum absolute atomic E-state index is 4.63. The van der Waals surface area contributed by atoms with Gasteiger partial charge in [0.1, 0.15) is 5.82 Å². The third kappa shape index (κ3) is 3.97. The fourth-order valence-electron chi connectivity index (χ4n) is 2.79. The molecule has 25 heavy (non-hydrogen) atoms. The Balaban J connectivity index is 1.65. The van der Waals surface area contributed by atoms with E-state index in [4.69, 9.17) is 0 Å². The van der Waals surface area contributed by atoms with Crippen LogP contribution in [0.15, 0.2) is 24.4 Å². The average Bonchev–Trinajstić information content (AvgIpc) is 2.61. The number of anilines is 3. The van der Waals surface area contributed by atoms with E-state index >= 15 is 0 Å². The standard InChI is InChI=1S/C18H27N7/c1-18(2,3)14-6-7-16(22-21-14)25-12-10-24(11-13-25)15-8-9-19-17(20-15)23(4)5/h6-9H,10-13H2,1-5H3. The number of hydrogen-bond donors (Lipinski definition) is 0. The van der Waals surface area contributed by atoms with Crippen molar-refractivity contribution in [3.8, 4) is 0 Å². The van der Waals surface area contributed by atoms with Crippen molar-refractivity contribution >= 4 is 17.6 Å². The van der Waals surface area contributed by atoms with Crippen LogP contribution in [0.2, 0.25) is 0 Å². The van der Waals surface area contributed by atoms with Gasteiger partial charge in [0.2, 0.25) is 5.95 Å². The number of rotatable bonds is 3. The van der Waals surface area contributed by atoms with Gasteiger partial charge in [-0.15, -0.1) is 5.10 Å². The van der Waals surface area contributed by atoms with Gasteiger partial charge in [0.15, 0.2) is 5.82 Å². The van der Waals surface area contributed by atoms with Crippen LogP contribution in [0.5, 0.6) is 0 Å². The van der Waals surface area contributed by atoms with Gasteiger partial charge in [-0.05, 0) is 18.2 Å². The Hall–Kier alpha value is -2.44. The second-order valence-electron chi connectivity index (χ2n) is 7.61. The van der Waals surface area contributed by atoms with Gasteiger partial charge in [-0.3, -0.25) is 0 Å². The molecule has 7 heteroatoms. The lowest BCUT2D eigenvalue weighted by Crippen LogP contribution is -2.47. The topological polar surface area (TPSA) is 61.3 Å². The minimum absolute atomic E-state index is 0.0292. The SMILES string of the molecule is CN(C)c1nccc(N2CCN(c3ccc(C(C)(C)C)nn3)CC2)n1. The molecular formula is C18H27N7. The fraction of sp³-hybridized carbons (Fsp3) is 0.556. The molecule has 0 atom stereocenters. The monoisotopic (exact) mass is 341 g/mol. The van der Waals surface area contributed by atoms with Crippen molar-refractivity contribution in [1.82, 2.24) is 20.2 Å². The van der Waals surface area contributed by atoms with Crippen molar-refractivity contribution in [2.24, 2.45) is 0 Å². The van der Waals surface area contributed by atoms with Gasteiger partial charge >= 0.3 is 0 Å². The molecule has 2 aromatic heterocycles. The molecule has 0 spiro atoms. The smallest absolute Gasteiger partial charge is 0.226 e. The molecule has 2 aromatic rings. The first-order valence-electron chi connectivity index (χ1n) is 8.69. The number of nitrogens with zero attached hydrogens (tertiary/aromatic N) is 7. The summed E-state index contributed by atoms with van der Waals surface area (Å²) in [7, 11) is 3.91. The van der Waals surface area contributed by atoms with Crippen molar-refractivity contribution in [3.63, 3.8) is 0 Å². The first-order chi connectivity index (χ1) is 11.8. The number of aromatic nitrogens is 4. The quantitative estimate of drug-likeness (QED) is 0.845. The summed E-state index contributed by atoms with van der Waals surface area (Å²) in [5, 5.41) is 8.83. The minimum atomic E-state index is 0.0292. The van der Waals surface area contributed by atoms with Crippen LogP contribution in [0.25, 0.3) is 0 Å². The van der Waals surface area contributed by atoms with Gasteiger partial charge in [-0.2, -0.15) is 10.1 Å². The molecule has 3 heterocycles. The van der Waals surface area contributed by atoms with Crippen LogP contribution in [0.4, 0.5) is 17.6 Å². The van der Waals surface area contributed by atoms with Crippen LogP contribution in [0.3, 0.4) is 0 Å². The van der Waals surface area contributed by atoms with Gasteiger partial charge in [-0.1, -0.05) is 20.8 Å². The van der Waals surface area contributed by atoms with E-state index in [0.29, 0.717) is 0 Å². The third-order valence-corrected chi connectivity index (χ3v) is 4.37. The molecule has 0 N–H and O–H groups in total. The Bertz CT molecular complexity index is 698. The zero-order chi connectivity index (χ0) is 18.0. The summed E-state index contributed by atoms with van der Waals surface area (Å²) >= 11 is 0. The summed E-state index contributed by atoms with van der Waals surface area (Å²) in [4.78, 5) is 15.4. The van der Waals surface area contributed by atoms with E-state index in [1.807, 2.05) is 31.3 Å². The highest BCUT2D eigenvalue weighted by molar-refractivity contribution is 5.46. The zero-order valence-corrected chi connectivity index (χ0v) is 15.8. The van der Waals surface area contributed by atoms with Gasteiger partial charge in [0.25, 0.3) is 0 Å². The summed E-state index contributed by atoms with van der Waals surface area (Å²) in [5.41, 5.74) is 1.05. The second kappa shape index (κ2) is 6.82. The van der Waals surface area contributed by atoms with Crippen LogP contribution in [-0.2, 0) is 5.41 Å². The van der Waals surface area contributed by atoms with Crippen LogP contribution >= 0.6 is 0 Å². The molecule has 0 aromatic carbocycles. The van der Waals surface area contributed by atoms with Crippen LogP contribution in [-0.4, -0.2) is 60.4 Å². The van der Waals surface area contributed by atoms with Crippen molar-refractivity contribution in [2.45, 2.75) is 26.2 Å². The molecule has 0 saturated carbocycles. The Kier molecular flexibility index (Phi) is 4.74. The highest BCUT2D eigenvalue weighted by atomic mass is 15.3. The molecule has 7 nitrogen and oxygen atoms in total. The first kappa shape index (κ1) is 17.4. The van der Waals surface area contributed by atoms with E-state index in [0.717, 1.165) is 49.5 Å². The lowest BCUT2D eigenvalue weighted by molar-refractivity contribution is 0.556. The normalized spacial score (nSPS) is 15.4. The average molecular weight is 341 g/mol. The first-order valence-corrected chi connectivity index (χ1v) is 8.69. The van der Waals surface area contributed by atoms with Crippen molar-refractivity contribution in [3.05, 3.63) is 30.1 Å². The summed E-state index contributed by atoms with van der Waals surface area (Å²) in [5.74, 6) is 2.67. The Morgan fingerprint density at radius 3 is 2.04 bits per heavy atom. The van der Waals surface area contributed by atoms with Crippen molar-refractivity contribution in [2.75, 3.05) is 55.0 Å². The molecule has 1 aliphatic rings. The van der Waals surface area contributed by atoms with E-state index in [-0.39, 0.29) is 5.41 Å². The van der Waals surface area contributed by atoms with Crippen molar-refractivity contribution < 1.29 is 0 Å². The Morgan fingerprint density at radius 1 is 0.880 bits per heavy atom. The lowest BCUT2D eigenvalue weighted by atomic mass is 9.92. The second-order valence-corrected chi connectivity index (χ2v) is 7.61. The molecule has 3 rings (SSSR count). The molecule has 0 unspecified atom stereocenters. The van der Waals surface area contributed by atoms with E-state index in [1.54, 1.807) is 0 Å². The van der Waals surface area contributed by atoms with Crippen LogP contribution in [0, 0.1) is 0 Å².